The molecule has 5 heteroatoms. The van der Waals surface area contributed by atoms with Crippen molar-refractivity contribution in [2.24, 2.45) is 0 Å². The number of aromatic hydroxyl groups is 1. The van der Waals surface area contributed by atoms with Crippen molar-refractivity contribution in [1.82, 2.24) is 5.32 Å². The van der Waals surface area contributed by atoms with Crippen LogP contribution in [0.15, 0.2) is 16.6 Å². The predicted octanol–water partition coefficient (Wildman–Crippen LogP) is 2.02. The van der Waals surface area contributed by atoms with Crippen molar-refractivity contribution in [2.75, 3.05) is 13.7 Å². The molecule has 0 amide bonds. The Hall–Kier alpha value is -0.780. The highest BCUT2D eigenvalue weighted by Crippen LogP contribution is 2.35. The fraction of sp³-hybridized carbons (Fsp3) is 0.500. The summed E-state index contributed by atoms with van der Waals surface area (Å²) in [4.78, 5) is 0. The fourth-order valence-corrected chi connectivity index (χ4v) is 1.92. The summed E-state index contributed by atoms with van der Waals surface area (Å²) in [5.41, 5.74) is 1.01. The molecule has 0 saturated heterocycles. The van der Waals surface area contributed by atoms with Gasteiger partial charge in [-0.05, 0) is 53.5 Å². The van der Waals surface area contributed by atoms with Gasteiger partial charge in [-0.3, -0.25) is 0 Å². The highest BCUT2D eigenvalue weighted by molar-refractivity contribution is 9.10. The zero-order valence-electron chi connectivity index (χ0n) is 10.0. The highest BCUT2D eigenvalue weighted by Gasteiger charge is 2.08. The van der Waals surface area contributed by atoms with E-state index in [1.54, 1.807) is 13.0 Å². The zero-order chi connectivity index (χ0) is 12.8. The van der Waals surface area contributed by atoms with Crippen molar-refractivity contribution in [3.05, 3.63) is 22.2 Å². The number of phenolic OH excluding ortho intramolecular Hbond substituents is 1. The van der Waals surface area contributed by atoms with Crippen LogP contribution in [0.2, 0.25) is 0 Å². The first-order valence-corrected chi connectivity index (χ1v) is 6.28. The van der Waals surface area contributed by atoms with Crippen molar-refractivity contribution in [3.8, 4) is 11.5 Å². The molecule has 1 atom stereocenters. The number of aliphatic hydroxyl groups is 1. The molecule has 0 bridgehead atoms. The molecule has 1 rings (SSSR count). The number of methoxy groups -OCH3 is 1. The lowest BCUT2D eigenvalue weighted by atomic mass is 10.2. The monoisotopic (exact) mass is 303 g/mol. The van der Waals surface area contributed by atoms with Gasteiger partial charge in [0.2, 0.25) is 0 Å². The van der Waals surface area contributed by atoms with Crippen molar-refractivity contribution in [3.63, 3.8) is 0 Å². The van der Waals surface area contributed by atoms with Gasteiger partial charge < -0.3 is 20.3 Å². The number of hydrogen-bond donors (Lipinski definition) is 3. The lowest BCUT2D eigenvalue weighted by Gasteiger charge is -2.10. The minimum absolute atomic E-state index is 0.111. The van der Waals surface area contributed by atoms with Crippen LogP contribution in [0.1, 0.15) is 18.9 Å². The molecule has 0 heterocycles. The Labute approximate surface area is 110 Å². The number of nitrogens with one attached hydrogen (secondary N) is 1. The fourth-order valence-electron chi connectivity index (χ4n) is 1.43. The Morgan fingerprint density at radius 2 is 2.18 bits per heavy atom. The molecule has 0 aromatic heterocycles. The third-order valence-corrected chi connectivity index (χ3v) is 2.98. The first-order valence-electron chi connectivity index (χ1n) is 5.48. The van der Waals surface area contributed by atoms with Gasteiger partial charge in [0.25, 0.3) is 0 Å². The maximum atomic E-state index is 9.64. The molecule has 17 heavy (non-hydrogen) atoms. The molecule has 1 aromatic rings. The molecule has 0 fully saturated rings. The first-order chi connectivity index (χ1) is 8.04. The maximum Gasteiger partial charge on any atom is 0.172 e. The van der Waals surface area contributed by atoms with Gasteiger partial charge in [0, 0.05) is 6.54 Å². The molecule has 0 saturated carbocycles. The normalized spacial score (nSPS) is 12.5. The molecule has 0 aliphatic heterocycles. The average molecular weight is 304 g/mol. The summed E-state index contributed by atoms with van der Waals surface area (Å²) in [6.45, 7) is 3.18. The van der Waals surface area contributed by atoms with E-state index in [2.05, 4.69) is 21.2 Å². The van der Waals surface area contributed by atoms with Crippen LogP contribution in [0.3, 0.4) is 0 Å². The lowest BCUT2D eigenvalue weighted by Crippen LogP contribution is -2.18. The van der Waals surface area contributed by atoms with Crippen LogP contribution < -0.4 is 10.1 Å². The van der Waals surface area contributed by atoms with Crippen LogP contribution in [0.4, 0.5) is 0 Å². The lowest BCUT2D eigenvalue weighted by molar-refractivity contribution is 0.183. The minimum Gasteiger partial charge on any atom is -0.503 e. The summed E-state index contributed by atoms with van der Waals surface area (Å²) >= 11 is 3.27. The average Bonchev–Trinajstić information content (AvgIpc) is 2.28. The molecule has 0 aliphatic rings. The summed E-state index contributed by atoms with van der Waals surface area (Å²) in [5, 5.41) is 22.0. The number of rotatable bonds is 6. The Morgan fingerprint density at radius 3 is 2.76 bits per heavy atom. The second-order valence-electron chi connectivity index (χ2n) is 3.94. The van der Waals surface area contributed by atoms with Crippen LogP contribution >= 0.6 is 15.9 Å². The van der Waals surface area contributed by atoms with E-state index >= 15 is 0 Å². The molecule has 0 aliphatic carbocycles. The van der Waals surface area contributed by atoms with Crippen LogP contribution in [0.5, 0.6) is 11.5 Å². The number of benzene rings is 1. The molecular weight excluding hydrogens is 286 g/mol. The first kappa shape index (κ1) is 14.3. The summed E-state index contributed by atoms with van der Waals surface area (Å²) in [7, 11) is 1.52. The number of ether oxygens (including phenoxy) is 1. The smallest absolute Gasteiger partial charge is 0.172 e. The highest BCUT2D eigenvalue weighted by atomic mass is 79.9. The second-order valence-corrected chi connectivity index (χ2v) is 4.80. The van der Waals surface area contributed by atoms with Gasteiger partial charge in [0.05, 0.1) is 17.7 Å². The van der Waals surface area contributed by atoms with E-state index in [-0.39, 0.29) is 11.9 Å². The van der Waals surface area contributed by atoms with Crippen LogP contribution in [-0.2, 0) is 6.54 Å². The molecule has 0 spiro atoms. The SMILES string of the molecule is COc1cc(CNCCC(C)O)cc(Br)c1O. The summed E-state index contributed by atoms with van der Waals surface area (Å²) < 4.78 is 5.68. The van der Waals surface area contributed by atoms with E-state index in [1.807, 2.05) is 6.07 Å². The molecule has 0 radical (unpaired) electrons. The van der Waals surface area contributed by atoms with Gasteiger partial charge in [-0.25, -0.2) is 0 Å². The molecule has 3 N–H and O–H groups in total. The molecule has 4 nitrogen and oxygen atoms in total. The van der Waals surface area contributed by atoms with Gasteiger partial charge in [-0.1, -0.05) is 0 Å². The van der Waals surface area contributed by atoms with Crippen molar-refractivity contribution in [1.29, 1.82) is 0 Å². The van der Waals surface area contributed by atoms with E-state index < -0.39 is 0 Å². The van der Waals surface area contributed by atoms with E-state index in [1.165, 1.54) is 7.11 Å². The van der Waals surface area contributed by atoms with Gasteiger partial charge in [0.1, 0.15) is 0 Å². The van der Waals surface area contributed by atoms with E-state index in [4.69, 9.17) is 9.84 Å². The molecular formula is C12H18BrNO3. The third kappa shape index (κ3) is 4.53. The summed E-state index contributed by atoms with van der Waals surface area (Å²) in [6.07, 6.45) is 0.430. The number of phenols is 1. The van der Waals surface area contributed by atoms with E-state index in [0.29, 0.717) is 16.8 Å². The van der Waals surface area contributed by atoms with Crippen molar-refractivity contribution < 1.29 is 14.9 Å². The maximum absolute atomic E-state index is 9.64. The minimum atomic E-state index is -0.288. The Kier molecular flexibility index (Phi) is 5.74. The molecule has 96 valence electrons. The Bertz CT molecular complexity index is 369. The Morgan fingerprint density at radius 1 is 1.47 bits per heavy atom. The van der Waals surface area contributed by atoms with Gasteiger partial charge in [-0.15, -0.1) is 0 Å². The predicted molar refractivity (Wildman–Crippen MR) is 70.4 cm³/mol. The summed E-state index contributed by atoms with van der Waals surface area (Å²) in [5.74, 6) is 0.562. The Balaban J connectivity index is 2.57. The number of halogens is 1. The quantitative estimate of drug-likeness (QED) is 0.704. The van der Waals surface area contributed by atoms with Crippen molar-refractivity contribution in [2.45, 2.75) is 26.0 Å². The van der Waals surface area contributed by atoms with Gasteiger partial charge in [-0.2, -0.15) is 0 Å². The largest absolute Gasteiger partial charge is 0.503 e. The van der Waals surface area contributed by atoms with Crippen LogP contribution in [0.25, 0.3) is 0 Å². The number of hydrogen-bond acceptors (Lipinski definition) is 4. The molecule has 1 aromatic carbocycles. The van der Waals surface area contributed by atoms with Crippen LogP contribution in [-0.4, -0.2) is 30.0 Å². The van der Waals surface area contributed by atoms with Crippen LogP contribution in [0, 0.1) is 0 Å². The van der Waals surface area contributed by atoms with Gasteiger partial charge in [0.15, 0.2) is 11.5 Å². The summed E-state index contributed by atoms with van der Waals surface area (Å²) in [6, 6.07) is 3.63. The second kappa shape index (κ2) is 6.83. The third-order valence-electron chi connectivity index (χ3n) is 2.38. The van der Waals surface area contributed by atoms with Gasteiger partial charge >= 0.3 is 0 Å². The topological polar surface area (TPSA) is 61.7 Å². The number of aliphatic hydroxyl groups excluding tert-OH is 1. The van der Waals surface area contributed by atoms with E-state index in [0.717, 1.165) is 18.5 Å². The molecule has 1 unspecified atom stereocenters. The van der Waals surface area contributed by atoms with Crippen molar-refractivity contribution >= 4 is 15.9 Å². The zero-order valence-corrected chi connectivity index (χ0v) is 11.6. The standard InChI is InChI=1S/C12H18BrNO3/c1-8(15)3-4-14-7-9-5-10(13)12(16)11(6-9)17-2/h5-6,8,14-16H,3-4,7H2,1-2H3. The van der Waals surface area contributed by atoms with E-state index in [9.17, 15) is 5.11 Å².